The zero-order chi connectivity index (χ0) is 46.3. The van der Waals surface area contributed by atoms with Gasteiger partial charge in [0, 0.05) is 85.0 Å². The normalized spacial score (nSPS) is 21.5. The second-order valence-electron chi connectivity index (χ2n) is 17.9. The molecule has 2 aliphatic heterocycles. The van der Waals surface area contributed by atoms with Gasteiger partial charge in [0.1, 0.15) is 29.2 Å². The van der Waals surface area contributed by atoms with Gasteiger partial charge in [0.2, 0.25) is 5.91 Å². The predicted octanol–water partition coefficient (Wildman–Crippen LogP) is 5.58. The van der Waals surface area contributed by atoms with Crippen molar-refractivity contribution in [1.82, 2.24) is 35.8 Å². The molecular weight excluding hydrogens is 838 g/mol. The van der Waals surface area contributed by atoms with Gasteiger partial charge in [0.25, 0.3) is 0 Å². The van der Waals surface area contributed by atoms with Gasteiger partial charge in [0.15, 0.2) is 5.82 Å². The average molecular weight is 897 g/mol. The molecule has 4 heterocycles. The van der Waals surface area contributed by atoms with Crippen molar-refractivity contribution >= 4 is 17.8 Å². The predicted molar refractivity (Wildman–Crippen MR) is 240 cm³/mol. The van der Waals surface area contributed by atoms with Gasteiger partial charge >= 0.3 is 6.09 Å². The molecule has 0 bridgehead atoms. The zero-order valence-corrected chi connectivity index (χ0v) is 37.6. The molecule has 3 aliphatic rings. The topological polar surface area (TPSA) is 154 Å². The minimum absolute atomic E-state index is 0.104. The SMILES string of the molecule is CCC1CCC1(F)C(C)(C)[C@H](NC(=O)OC)C(=O)N[C@@H](Cc1ccc(C#Cc2ccc(N3CCN(C4COC4)[C@H](C)C3)nc2)cc1)[C@@H](O)CNCc1c(F)cc(-c2ncccn2)cc1F. The number of methoxy groups -OCH3 is 1. The van der Waals surface area contributed by atoms with Gasteiger partial charge in [-0.3, -0.25) is 9.69 Å². The number of halogens is 3. The highest BCUT2D eigenvalue weighted by atomic mass is 19.1. The van der Waals surface area contributed by atoms with E-state index < -0.39 is 52.9 Å². The van der Waals surface area contributed by atoms with Crippen LogP contribution in [0.1, 0.15) is 69.2 Å². The molecule has 4 aromatic rings. The number of aliphatic hydroxyl groups excluding tert-OH is 1. The molecule has 0 radical (unpaired) electrons. The Morgan fingerprint density at radius 2 is 1.71 bits per heavy atom. The van der Waals surface area contributed by atoms with Crippen LogP contribution in [-0.2, 0) is 27.2 Å². The van der Waals surface area contributed by atoms with Gasteiger partial charge in [-0.1, -0.05) is 51.2 Å². The first-order chi connectivity index (χ1) is 31.2. The fourth-order valence-electron chi connectivity index (χ4n) is 9.26. The van der Waals surface area contributed by atoms with Crippen molar-refractivity contribution < 1.29 is 37.3 Å². The van der Waals surface area contributed by atoms with Crippen molar-refractivity contribution in [2.75, 3.05) is 51.4 Å². The third-order valence-corrected chi connectivity index (χ3v) is 13.5. The lowest BCUT2D eigenvalue weighted by Gasteiger charge is -2.55. The minimum atomic E-state index is -1.76. The highest BCUT2D eigenvalue weighted by molar-refractivity contribution is 5.87. The number of pyridine rings is 1. The Kier molecular flexibility index (Phi) is 15.1. The molecule has 65 heavy (non-hydrogen) atoms. The number of ether oxygens (including phenoxy) is 2. The van der Waals surface area contributed by atoms with E-state index in [0.29, 0.717) is 24.9 Å². The maximum atomic E-state index is 16.7. The molecule has 3 fully saturated rings. The van der Waals surface area contributed by atoms with Crippen molar-refractivity contribution in [3.8, 4) is 23.2 Å². The lowest BCUT2D eigenvalue weighted by atomic mass is 9.54. The number of carbonyl (C=O) groups is 2. The molecule has 2 amide bonds. The number of aliphatic hydroxyl groups is 1. The van der Waals surface area contributed by atoms with E-state index in [4.69, 9.17) is 14.5 Å². The van der Waals surface area contributed by atoms with Crippen molar-refractivity contribution in [3.63, 3.8) is 0 Å². The number of alkyl halides is 1. The highest BCUT2D eigenvalue weighted by Gasteiger charge is 2.61. The number of alkyl carbamates (subject to hydrolysis) is 1. The van der Waals surface area contributed by atoms with E-state index in [1.807, 2.05) is 43.3 Å². The highest BCUT2D eigenvalue weighted by Crippen LogP contribution is 2.56. The Morgan fingerprint density at radius 3 is 2.29 bits per heavy atom. The van der Waals surface area contributed by atoms with Gasteiger partial charge in [-0.05, 0) is 80.1 Å². The van der Waals surface area contributed by atoms with Crippen LogP contribution < -0.4 is 20.9 Å². The number of benzene rings is 2. The number of piperazine rings is 1. The first-order valence-electron chi connectivity index (χ1n) is 22.3. The molecule has 2 aromatic heterocycles. The number of aromatic nitrogens is 3. The molecule has 2 aromatic carbocycles. The Hall–Kier alpha value is -5.60. The van der Waals surface area contributed by atoms with E-state index in [1.54, 1.807) is 26.1 Å². The number of carbonyl (C=O) groups excluding carboxylic acids is 2. The van der Waals surface area contributed by atoms with E-state index in [9.17, 15) is 14.7 Å². The van der Waals surface area contributed by atoms with E-state index in [-0.39, 0.29) is 48.8 Å². The minimum Gasteiger partial charge on any atom is -0.453 e. The number of hydrogen-bond donors (Lipinski definition) is 4. The molecule has 346 valence electrons. The molecular formula is C49H59F3N8O5. The van der Waals surface area contributed by atoms with Crippen LogP contribution in [0.3, 0.4) is 0 Å². The van der Waals surface area contributed by atoms with Crippen LogP contribution in [0, 0.1) is 34.8 Å². The monoisotopic (exact) mass is 896 g/mol. The molecule has 4 N–H and O–H groups in total. The summed E-state index contributed by atoms with van der Waals surface area (Å²) in [6.45, 7) is 11.2. The standard InChI is InChI=1S/C49H59F3N8O5/c1-6-36-16-17-49(36,52)48(3,4)44(58-47(63)64-5)46(62)57-41(42(61)27-53-26-38-39(50)23-35(24-40(38)51)45-54-18-7-19-55-45)22-33-11-8-32(9-12-33)10-13-34-14-15-43(56-25-34)59-20-21-60(31(2)28-59)37-29-65-30-37/h7-9,11-12,14-15,18-19,23-25,31,36-37,41-42,44,53,61H,6,16-17,20-22,26-30H2,1-5H3,(H,57,62)(H,58,63)/t31-,36?,41+,42+,44-,49?/m1/s1. The summed E-state index contributed by atoms with van der Waals surface area (Å²) in [4.78, 5) is 44.5. The summed E-state index contributed by atoms with van der Waals surface area (Å²) in [6.07, 6.45) is 4.03. The number of amides is 2. The van der Waals surface area contributed by atoms with E-state index in [2.05, 4.69) is 54.5 Å². The smallest absolute Gasteiger partial charge is 0.407 e. The summed E-state index contributed by atoms with van der Waals surface area (Å²) in [7, 11) is 1.16. The maximum absolute atomic E-state index is 16.7. The summed E-state index contributed by atoms with van der Waals surface area (Å²) < 4.78 is 57.4. The molecule has 13 nitrogen and oxygen atoms in total. The van der Waals surface area contributed by atoms with Crippen molar-refractivity contribution in [2.45, 2.75) is 95.9 Å². The fraction of sp³-hybridized carbons (Fsp3) is 0.490. The van der Waals surface area contributed by atoms with Crippen molar-refractivity contribution in [1.29, 1.82) is 0 Å². The first kappa shape index (κ1) is 47.4. The van der Waals surface area contributed by atoms with Gasteiger partial charge in [-0.15, -0.1) is 0 Å². The lowest BCUT2D eigenvalue weighted by molar-refractivity contribution is -0.148. The molecule has 16 heteroatoms. The van der Waals surface area contributed by atoms with E-state index >= 15 is 13.2 Å². The summed E-state index contributed by atoms with van der Waals surface area (Å²) in [6, 6.07) is 13.7. The molecule has 0 spiro atoms. The maximum Gasteiger partial charge on any atom is 0.407 e. The van der Waals surface area contributed by atoms with Crippen LogP contribution in [0.5, 0.6) is 0 Å². The number of rotatable bonds is 16. The number of nitrogens with zero attached hydrogens (tertiary/aromatic N) is 5. The van der Waals surface area contributed by atoms with Crippen molar-refractivity contribution in [2.24, 2.45) is 11.3 Å². The fourth-order valence-corrected chi connectivity index (χ4v) is 9.26. The van der Waals surface area contributed by atoms with Crippen LogP contribution in [-0.4, -0.2) is 119 Å². The van der Waals surface area contributed by atoms with Gasteiger partial charge < -0.3 is 35.4 Å². The average Bonchev–Trinajstić information content (AvgIpc) is 3.28. The van der Waals surface area contributed by atoms with E-state index in [0.717, 1.165) is 74.6 Å². The third-order valence-electron chi connectivity index (χ3n) is 13.5. The second-order valence-corrected chi connectivity index (χ2v) is 17.9. The largest absolute Gasteiger partial charge is 0.453 e. The molecule has 1 aliphatic carbocycles. The Bertz CT molecular complexity index is 2300. The van der Waals surface area contributed by atoms with E-state index in [1.165, 1.54) is 12.4 Å². The molecule has 6 atom stereocenters. The van der Waals surface area contributed by atoms with Crippen LogP contribution in [0.2, 0.25) is 0 Å². The van der Waals surface area contributed by atoms with Gasteiger partial charge in [-0.2, -0.15) is 0 Å². The summed E-state index contributed by atoms with van der Waals surface area (Å²) >= 11 is 0. The third kappa shape index (κ3) is 10.8. The number of anilines is 1. The molecule has 7 rings (SSSR count). The summed E-state index contributed by atoms with van der Waals surface area (Å²) in [5.74, 6) is 4.76. The molecule has 2 saturated heterocycles. The van der Waals surface area contributed by atoms with Crippen molar-refractivity contribution in [3.05, 3.63) is 107 Å². The van der Waals surface area contributed by atoms with Crippen LogP contribution in [0.4, 0.5) is 23.8 Å². The number of nitrogens with one attached hydrogen (secondary N) is 3. The Balaban J connectivity index is 1.05. The Labute approximate surface area is 378 Å². The molecule has 1 saturated carbocycles. The van der Waals surface area contributed by atoms with Crippen LogP contribution in [0.25, 0.3) is 11.4 Å². The summed E-state index contributed by atoms with van der Waals surface area (Å²) in [5, 5.41) is 20.0. The zero-order valence-electron chi connectivity index (χ0n) is 37.6. The quantitative estimate of drug-likeness (QED) is 0.104. The first-order valence-corrected chi connectivity index (χ1v) is 22.3. The Morgan fingerprint density at radius 1 is 1.02 bits per heavy atom. The lowest BCUT2D eigenvalue weighted by Crippen LogP contribution is -2.67. The van der Waals surface area contributed by atoms with Crippen LogP contribution in [0.15, 0.2) is 73.2 Å². The van der Waals surface area contributed by atoms with Crippen LogP contribution >= 0.6 is 0 Å². The molecule has 2 unspecified atom stereocenters. The number of hydrogen-bond acceptors (Lipinski definition) is 11. The summed E-state index contributed by atoms with van der Waals surface area (Å²) in [5.41, 5.74) is -1.01. The van der Waals surface area contributed by atoms with Gasteiger partial charge in [0.05, 0.1) is 38.5 Å². The second kappa shape index (κ2) is 20.7. The van der Waals surface area contributed by atoms with Gasteiger partial charge in [-0.25, -0.2) is 32.9 Å².